The molecule has 10 heavy (non-hydrogen) atoms. The minimum Gasteiger partial charge on any atom is -0.652 e. The third-order valence-electron chi connectivity index (χ3n) is 0.204. The Bertz CT molecular complexity index is 59.2. The zero-order valence-corrected chi connectivity index (χ0v) is 10.0. The van der Waals surface area contributed by atoms with E-state index in [0.29, 0.717) is 0 Å². The van der Waals surface area contributed by atoms with Gasteiger partial charge in [0, 0.05) is 0 Å². The molecule has 0 radical (unpaired) electrons. The molecule has 1 rings (SSSR count). The molecule has 0 aromatic rings. The van der Waals surface area contributed by atoms with Crippen molar-refractivity contribution < 1.29 is 84.3 Å². The molecule has 1 saturated heterocycles. The molecule has 0 spiro atoms. The van der Waals surface area contributed by atoms with E-state index in [1.54, 1.807) is 0 Å². The first-order chi connectivity index (χ1) is 3.23. The molecule has 0 unspecified atom stereocenters. The van der Waals surface area contributed by atoms with Crippen LogP contribution in [0.15, 0.2) is 0 Å². The van der Waals surface area contributed by atoms with Gasteiger partial charge < -0.3 is 25.2 Å². The third kappa shape index (κ3) is 129. The maximum Gasteiger partial charge on any atom is 1.00 e. The van der Waals surface area contributed by atoms with Crippen LogP contribution in [0.25, 0.3) is 0 Å². The summed E-state index contributed by atoms with van der Waals surface area (Å²) < 4.78 is 4.50. The summed E-state index contributed by atoms with van der Waals surface area (Å²) >= 11 is 0. The van der Waals surface area contributed by atoms with Gasteiger partial charge in [-0.2, -0.15) is 0 Å². The predicted molar refractivity (Wildman–Crippen MR) is 19.8 cm³/mol. The van der Waals surface area contributed by atoms with Gasteiger partial charge in [0.1, 0.15) is 0 Å². The summed E-state index contributed by atoms with van der Waals surface area (Å²) in [5.41, 5.74) is 0. The van der Waals surface area contributed by atoms with Crippen LogP contribution in [-0.4, -0.2) is 24.8 Å². The maximum absolute atomic E-state index is 8.33. The normalized spacial score (nSPS) is 9.60. The second kappa shape index (κ2) is 16.6. The van der Waals surface area contributed by atoms with Gasteiger partial charge in [0.2, 0.25) is 0 Å². The summed E-state index contributed by atoms with van der Waals surface area (Å²) in [5.74, 6) is 0. The Balaban J connectivity index is -0.0000000279. The molecule has 1 fully saturated rings. The Morgan fingerprint density at radius 1 is 1.20 bits per heavy atom. The van der Waals surface area contributed by atoms with Crippen molar-refractivity contribution >= 4 is 6.16 Å². The van der Waals surface area contributed by atoms with E-state index in [9.17, 15) is 0 Å². The van der Waals surface area contributed by atoms with Crippen LogP contribution in [-0.2, 0) is 4.74 Å². The molecule has 0 amide bonds. The largest absolute Gasteiger partial charge is 1.00 e. The molecule has 0 bridgehead atoms. The van der Waals surface area contributed by atoms with Crippen molar-refractivity contribution in [3.05, 3.63) is 0 Å². The summed E-state index contributed by atoms with van der Waals surface area (Å²) in [4.78, 5) is 8.33. The van der Waals surface area contributed by atoms with E-state index >= 15 is 0 Å². The minimum absolute atomic E-state index is 0. The first kappa shape index (κ1) is 22.5. The van der Waals surface area contributed by atoms with Gasteiger partial charge >= 0.3 is 59.1 Å². The Morgan fingerprint density at radius 3 is 1.30 bits per heavy atom. The van der Waals surface area contributed by atoms with Gasteiger partial charge in [0.15, 0.2) is 0 Å². The summed E-state index contributed by atoms with van der Waals surface area (Å²) in [7, 11) is 0. The number of hydrogen-bond donors (Lipinski definition) is 0. The summed E-state index contributed by atoms with van der Waals surface area (Å²) in [5, 5.41) is 16.7. The molecule has 0 aromatic heterocycles. The average Bonchev–Trinajstić information content (AvgIpc) is 2.02. The van der Waals surface area contributed by atoms with E-state index in [1.165, 1.54) is 0 Å². The van der Waals surface area contributed by atoms with Crippen LogP contribution < -0.4 is 69.3 Å². The first-order valence-electron chi connectivity index (χ1n) is 1.69. The predicted octanol–water partition coefficient (Wildman–Crippen LogP) is -9.25. The van der Waals surface area contributed by atoms with Crippen LogP contribution >= 0.6 is 0 Å². The Hall–Kier alpha value is 1.19. The number of epoxide rings is 1. The minimum atomic E-state index is -2.33. The molecular weight excluding hydrogens is 162 g/mol. The smallest absolute Gasteiger partial charge is 0.652 e. The fourth-order valence-corrected chi connectivity index (χ4v) is 0. The second-order valence-corrected chi connectivity index (χ2v) is 0.862. The van der Waals surface area contributed by atoms with Crippen LogP contribution in [0.4, 0.5) is 4.79 Å². The number of rotatable bonds is 0. The fourth-order valence-electron chi connectivity index (χ4n) is 0. The molecule has 0 atom stereocenters. The standard InChI is InChI=1S/C2H4O.CH2O3.2Na.H2O/c1-2-3-1;2-1(3)4;;;/h1-2H2;(H2,2,3,4);;;1H2/q;;2*+1;/p-2. The van der Waals surface area contributed by atoms with E-state index in [-0.39, 0.29) is 64.6 Å². The van der Waals surface area contributed by atoms with E-state index < -0.39 is 6.16 Å². The Labute approximate surface area is 103 Å². The van der Waals surface area contributed by atoms with E-state index in [0.717, 1.165) is 13.2 Å². The van der Waals surface area contributed by atoms with Crippen molar-refractivity contribution in [2.75, 3.05) is 13.2 Å². The van der Waals surface area contributed by atoms with Gasteiger partial charge in [0.05, 0.1) is 13.2 Å². The van der Waals surface area contributed by atoms with Gasteiger partial charge in [-0.05, 0) is 6.16 Å². The zero-order valence-electron chi connectivity index (χ0n) is 6.05. The van der Waals surface area contributed by atoms with Crippen LogP contribution in [0.5, 0.6) is 0 Å². The first-order valence-corrected chi connectivity index (χ1v) is 1.69. The quantitative estimate of drug-likeness (QED) is 0.264. The Kier molecular flexibility index (Phi) is 37.4. The molecule has 1 aliphatic heterocycles. The average molecular weight is 168 g/mol. The molecule has 1 heterocycles. The van der Waals surface area contributed by atoms with Crippen molar-refractivity contribution in [3.8, 4) is 0 Å². The molecule has 1 aliphatic rings. The van der Waals surface area contributed by atoms with Crippen LogP contribution in [0.2, 0.25) is 0 Å². The topological polar surface area (TPSA) is 107 Å². The molecule has 2 N–H and O–H groups in total. The van der Waals surface area contributed by atoms with E-state index in [2.05, 4.69) is 4.74 Å². The number of carboxylic acid groups (broad SMARTS) is 2. The SMILES string of the molecule is C1CO1.O.O=C([O-])[O-].[Na+].[Na+]. The molecule has 0 aromatic carbocycles. The van der Waals surface area contributed by atoms with Crippen molar-refractivity contribution in [1.82, 2.24) is 0 Å². The van der Waals surface area contributed by atoms with Crippen molar-refractivity contribution in [2.45, 2.75) is 0 Å². The zero-order chi connectivity index (χ0) is 5.70. The van der Waals surface area contributed by atoms with Crippen molar-refractivity contribution in [3.63, 3.8) is 0 Å². The summed E-state index contributed by atoms with van der Waals surface area (Å²) in [6.45, 7) is 2.00. The van der Waals surface area contributed by atoms with E-state index in [1.807, 2.05) is 0 Å². The van der Waals surface area contributed by atoms with Crippen LogP contribution in [0.1, 0.15) is 0 Å². The van der Waals surface area contributed by atoms with Gasteiger partial charge in [-0.15, -0.1) is 0 Å². The third-order valence-corrected chi connectivity index (χ3v) is 0.204. The van der Waals surface area contributed by atoms with Gasteiger partial charge in [0.25, 0.3) is 0 Å². The molecular formula is C3H6Na2O5. The molecule has 0 saturated carbocycles. The second-order valence-electron chi connectivity index (χ2n) is 0.862. The fraction of sp³-hybridized carbons (Fsp3) is 0.667. The van der Waals surface area contributed by atoms with Crippen LogP contribution in [0, 0.1) is 0 Å². The van der Waals surface area contributed by atoms with Crippen molar-refractivity contribution in [1.29, 1.82) is 0 Å². The van der Waals surface area contributed by atoms with Gasteiger partial charge in [-0.25, -0.2) is 0 Å². The molecule has 50 valence electrons. The molecule has 5 nitrogen and oxygen atoms in total. The van der Waals surface area contributed by atoms with E-state index in [4.69, 9.17) is 15.0 Å². The van der Waals surface area contributed by atoms with Crippen molar-refractivity contribution in [2.24, 2.45) is 0 Å². The van der Waals surface area contributed by atoms with Gasteiger partial charge in [-0.3, -0.25) is 0 Å². The number of ether oxygens (including phenoxy) is 1. The Morgan fingerprint density at radius 2 is 1.30 bits per heavy atom. The van der Waals surface area contributed by atoms with Crippen LogP contribution in [0.3, 0.4) is 0 Å². The summed E-state index contributed by atoms with van der Waals surface area (Å²) in [6, 6.07) is 0. The van der Waals surface area contributed by atoms with Gasteiger partial charge in [-0.1, -0.05) is 0 Å². The summed E-state index contributed by atoms with van der Waals surface area (Å²) in [6.07, 6.45) is -2.33. The number of hydrogen-bond acceptors (Lipinski definition) is 4. The molecule has 0 aliphatic carbocycles. The monoisotopic (exact) mass is 168 g/mol. The number of carbonyl (C=O) groups excluding carboxylic acids is 1. The maximum atomic E-state index is 8.33. The number of carbonyl (C=O) groups is 1. The molecule has 7 heteroatoms.